The maximum atomic E-state index is 13.8. The summed E-state index contributed by atoms with van der Waals surface area (Å²) in [6, 6.07) is 4.64. The van der Waals surface area contributed by atoms with E-state index in [-0.39, 0.29) is 5.82 Å². The molecule has 1 atom stereocenters. The maximum Gasteiger partial charge on any atom is 0.265 e. The van der Waals surface area contributed by atoms with Gasteiger partial charge in [0.05, 0.1) is 0 Å². The molecule has 0 radical (unpaired) electrons. The highest BCUT2D eigenvalue weighted by atomic mass is 19.1. The van der Waals surface area contributed by atoms with E-state index in [1.807, 2.05) is 7.05 Å². The van der Waals surface area contributed by atoms with Crippen molar-refractivity contribution < 1.29 is 9.18 Å². The molecule has 0 fully saturated rings. The number of carbonyl (C=O) groups excluding carboxylic acids is 1. The third-order valence-electron chi connectivity index (χ3n) is 3.42. The lowest BCUT2D eigenvalue weighted by atomic mass is 10.0. The second-order valence-corrected chi connectivity index (χ2v) is 5.67. The number of halogens is 1. The van der Waals surface area contributed by atoms with Crippen LogP contribution in [0, 0.1) is 11.7 Å². The fraction of sp³-hybridized carbons (Fsp3) is 0.533. The molecular formula is C15H24FN3O. The van der Waals surface area contributed by atoms with E-state index in [0.717, 1.165) is 6.42 Å². The van der Waals surface area contributed by atoms with Crippen LogP contribution < -0.4 is 11.3 Å². The summed E-state index contributed by atoms with van der Waals surface area (Å²) in [5.74, 6) is 4.97. The summed E-state index contributed by atoms with van der Waals surface area (Å²) in [4.78, 5) is 13.6. The molecule has 112 valence electrons. The highest BCUT2D eigenvalue weighted by Gasteiger charge is 2.15. The van der Waals surface area contributed by atoms with Crippen molar-refractivity contribution in [1.82, 2.24) is 10.3 Å². The SMILES string of the molecule is CC(C)CC(C)N(C)Cc1cc(C(=O)NN)ccc1F. The summed E-state index contributed by atoms with van der Waals surface area (Å²) in [7, 11) is 1.96. The van der Waals surface area contributed by atoms with Gasteiger partial charge in [-0.1, -0.05) is 13.8 Å². The molecule has 0 spiro atoms. The average molecular weight is 281 g/mol. The van der Waals surface area contributed by atoms with Gasteiger partial charge in [0, 0.05) is 23.7 Å². The van der Waals surface area contributed by atoms with E-state index in [0.29, 0.717) is 29.6 Å². The van der Waals surface area contributed by atoms with E-state index in [1.54, 1.807) is 6.07 Å². The van der Waals surface area contributed by atoms with Crippen LogP contribution in [0.2, 0.25) is 0 Å². The zero-order chi connectivity index (χ0) is 15.3. The van der Waals surface area contributed by atoms with Gasteiger partial charge in [-0.05, 0) is 44.5 Å². The van der Waals surface area contributed by atoms with Gasteiger partial charge in [0.15, 0.2) is 0 Å². The van der Waals surface area contributed by atoms with Crippen molar-refractivity contribution in [3.05, 3.63) is 35.1 Å². The fourth-order valence-electron chi connectivity index (χ4n) is 2.21. The monoisotopic (exact) mass is 281 g/mol. The molecule has 0 aliphatic rings. The van der Waals surface area contributed by atoms with Gasteiger partial charge in [0.1, 0.15) is 5.82 Å². The normalized spacial score (nSPS) is 12.8. The molecule has 0 saturated heterocycles. The second-order valence-electron chi connectivity index (χ2n) is 5.67. The van der Waals surface area contributed by atoms with Gasteiger partial charge in [-0.3, -0.25) is 15.1 Å². The van der Waals surface area contributed by atoms with Crippen LogP contribution in [0.25, 0.3) is 0 Å². The number of carbonyl (C=O) groups is 1. The van der Waals surface area contributed by atoms with Crippen LogP contribution in [0.5, 0.6) is 0 Å². The lowest BCUT2D eigenvalue weighted by Gasteiger charge is -2.26. The van der Waals surface area contributed by atoms with E-state index in [1.165, 1.54) is 12.1 Å². The lowest BCUT2D eigenvalue weighted by Crippen LogP contribution is -2.31. The first-order valence-corrected chi connectivity index (χ1v) is 6.84. The lowest BCUT2D eigenvalue weighted by molar-refractivity contribution is 0.0953. The van der Waals surface area contributed by atoms with Crippen molar-refractivity contribution in [3.8, 4) is 0 Å². The predicted molar refractivity (Wildman–Crippen MR) is 78.4 cm³/mol. The van der Waals surface area contributed by atoms with Crippen molar-refractivity contribution in [2.75, 3.05) is 7.05 Å². The Balaban J connectivity index is 2.83. The van der Waals surface area contributed by atoms with Crippen LogP contribution in [-0.2, 0) is 6.54 Å². The van der Waals surface area contributed by atoms with E-state index in [2.05, 4.69) is 31.1 Å². The molecular weight excluding hydrogens is 257 g/mol. The molecule has 1 unspecified atom stereocenters. The van der Waals surface area contributed by atoms with Crippen molar-refractivity contribution in [2.45, 2.75) is 39.8 Å². The standard InChI is InChI=1S/C15H24FN3O/c1-10(2)7-11(3)19(4)9-13-8-12(15(20)18-17)5-6-14(13)16/h5-6,8,10-11H,7,9,17H2,1-4H3,(H,18,20). The maximum absolute atomic E-state index is 13.8. The molecule has 0 bridgehead atoms. The highest BCUT2D eigenvalue weighted by Crippen LogP contribution is 2.16. The van der Waals surface area contributed by atoms with Crippen LogP contribution in [-0.4, -0.2) is 23.9 Å². The largest absolute Gasteiger partial charge is 0.299 e. The van der Waals surface area contributed by atoms with Crippen molar-refractivity contribution in [3.63, 3.8) is 0 Å². The topological polar surface area (TPSA) is 58.4 Å². The fourth-order valence-corrected chi connectivity index (χ4v) is 2.21. The van der Waals surface area contributed by atoms with Crippen LogP contribution in [0.15, 0.2) is 18.2 Å². The first-order valence-electron chi connectivity index (χ1n) is 6.84. The third-order valence-corrected chi connectivity index (χ3v) is 3.42. The Kier molecular flexibility index (Phi) is 6.10. The van der Waals surface area contributed by atoms with E-state index in [9.17, 15) is 9.18 Å². The van der Waals surface area contributed by atoms with Crippen LogP contribution >= 0.6 is 0 Å². The molecule has 1 amide bonds. The Hall–Kier alpha value is -1.46. The van der Waals surface area contributed by atoms with Crippen molar-refractivity contribution >= 4 is 5.91 Å². The number of rotatable bonds is 6. The van der Waals surface area contributed by atoms with Crippen LogP contribution in [0.3, 0.4) is 0 Å². The van der Waals surface area contributed by atoms with Crippen LogP contribution in [0.4, 0.5) is 4.39 Å². The number of benzene rings is 1. The molecule has 20 heavy (non-hydrogen) atoms. The molecule has 0 aliphatic carbocycles. The summed E-state index contributed by atoms with van der Waals surface area (Å²) in [5.41, 5.74) is 2.93. The Morgan fingerprint density at radius 2 is 2.05 bits per heavy atom. The van der Waals surface area contributed by atoms with Crippen LogP contribution in [0.1, 0.15) is 43.1 Å². The van der Waals surface area contributed by atoms with Gasteiger partial charge in [-0.15, -0.1) is 0 Å². The second kappa shape index (κ2) is 7.36. The smallest absolute Gasteiger partial charge is 0.265 e. The molecule has 4 nitrogen and oxygen atoms in total. The van der Waals surface area contributed by atoms with Crippen molar-refractivity contribution in [1.29, 1.82) is 0 Å². The first-order chi connectivity index (χ1) is 9.35. The van der Waals surface area contributed by atoms with Gasteiger partial charge in [-0.25, -0.2) is 10.2 Å². The molecule has 1 aromatic carbocycles. The molecule has 5 heteroatoms. The first kappa shape index (κ1) is 16.6. The number of nitrogens with zero attached hydrogens (tertiary/aromatic N) is 1. The Labute approximate surface area is 120 Å². The molecule has 0 aromatic heterocycles. The molecule has 3 N–H and O–H groups in total. The number of hydrogen-bond acceptors (Lipinski definition) is 3. The number of nitrogens with two attached hydrogens (primary N) is 1. The highest BCUT2D eigenvalue weighted by molar-refractivity contribution is 5.93. The summed E-state index contributed by atoms with van der Waals surface area (Å²) in [6.07, 6.45) is 1.04. The summed E-state index contributed by atoms with van der Waals surface area (Å²) >= 11 is 0. The van der Waals surface area contributed by atoms with Gasteiger partial charge in [0.25, 0.3) is 5.91 Å². The number of amides is 1. The van der Waals surface area contributed by atoms with E-state index in [4.69, 9.17) is 5.84 Å². The Morgan fingerprint density at radius 3 is 2.60 bits per heavy atom. The number of nitrogens with one attached hydrogen (secondary N) is 1. The van der Waals surface area contributed by atoms with Gasteiger partial charge >= 0.3 is 0 Å². The Bertz CT molecular complexity index is 462. The zero-order valence-electron chi connectivity index (χ0n) is 12.6. The van der Waals surface area contributed by atoms with Gasteiger partial charge < -0.3 is 0 Å². The Morgan fingerprint density at radius 1 is 1.40 bits per heavy atom. The molecule has 0 aliphatic heterocycles. The summed E-state index contributed by atoms with van der Waals surface area (Å²) in [5, 5.41) is 0. The minimum Gasteiger partial charge on any atom is -0.299 e. The summed E-state index contributed by atoms with van der Waals surface area (Å²) < 4.78 is 13.8. The minimum atomic E-state index is -0.413. The molecule has 0 heterocycles. The van der Waals surface area contributed by atoms with E-state index < -0.39 is 5.91 Å². The van der Waals surface area contributed by atoms with E-state index >= 15 is 0 Å². The van der Waals surface area contributed by atoms with Gasteiger partial charge in [0.2, 0.25) is 0 Å². The zero-order valence-corrected chi connectivity index (χ0v) is 12.6. The predicted octanol–water partition coefficient (Wildman–Crippen LogP) is 2.30. The quantitative estimate of drug-likeness (QED) is 0.478. The summed E-state index contributed by atoms with van der Waals surface area (Å²) in [6.45, 7) is 6.91. The number of hydrogen-bond donors (Lipinski definition) is 2. The molecule has 1 aromatic rings. The van der Waals surface area contributed by atoms with Crippen molar-refractivity contribution in [2.24, 2.45) is 11.8 Å². The average Bonchev–Trinajstić information content (AvgIpc) is 2.39. The number of nitrogen functional groups attached to an aromatic ring is 1. The minimum absolute atomic E-state index is 0.304. The molecule has 0 saturated carbocycles. The molecule has 1 rings (SSSR count). The number of hydrazine groups is 1. The third kappa shape index (κ3) is 4.58. The van der Waals surface area contributed by atoms with Gasteiger partial charge in [-0.2, -0.15) is 0 Å².